The second kappa shape index (κ2) is 4.84. The molecule has 0 bridgehead atoms. The molecule has 4 heteroatoms. The molecule has 0 amide bonds. The maximum Gasteiger partial charge on any atom is 0.152 e. The highest BCUT2D eigenvalue weighted by Crippen LogP contribution is 2.20. The highest BCUT2D eigenvalue weighted by Gasteiger charge is 2.06. The number of nitrogens with zero attached hydrogens (tertiary/aromatic N) is 3. The molecule has 4 nitrogen and oxygen atoms in total. The predicted octanol–water partition coefficient (Wildman–Crippen LogP) is 3.02. The zero-order valence-electron chi connectivity index (χ0n) is 10.7. The Balaban J connectivity index is 2.39. The summed E-state index contributed by atoms with van der Waals surface area (Å²) in [4.78, 5) is 8.27. The van der Waals surface area contributed by atoms with Crippen LogP contribution in [-0.4, -0.2) is 9.97 Å². The van der Waals surface area contributed by atoms with Crippen molar-refractivity contribution in [3.05, 3.63) is 46.9 Å². The summed E-state index contributed by atoms with van der Waals surface area (Å²) in [5.74, 6) is 1.19. The van der Waals surface area contributed by atoms with Crippen LogP contribution in [0.5, 0.6) is 0 Å². The molecule has 2 aromatic rings. The molecule has 0 aliphatic carbocycles. The van der Waals surface area contributed by atoms with Crippen molar-refractivity contribution >= 4 is 11.5 Å². The van der Waals surface area contributed by atoms with Crippen molar-refractivity contribution in [2.45, 2.75) is 20.8 Å². The van der Waals surface area contributed by atoms with Crippen molar-refractivity contribution in [3.8, 4) is 6.07 Å². The fourth-order valence-electron chi connectivity index (χ4n) is 1.83. The van der Waals surface area contributed by atoms with E-state index in [4.69, 9.17) is 5.26 Å². The minimum Gasteiger partial charge on any atom is -0.339 e. The third kappa shape index (κ3) is 2.64. The molecule has 0 unspecified atom stereocenters. The van der Waals surface area contributed by atoms with Gasteiger partial charge in [0.25, 0.3) is 0 Å². The van der Waals surface area contributed by atoms with Crippen molar-refractivity contribution in [1.29, 1.82) is 5.26 Å². The zero-order valence-corrected chi connectivity index (χ0v) is 10.7. The van der Waals surface area contributed by atoms with E-state index in [2.05, 4.69) is 27.4 Å². The minimum atomic E-state index is 0.444. The van der Waals surface area contributed by atoms with Gasteiger partial charge in [0.1, 0.15) is 17.5 Å². The Hall–Kier alpha value is -2.41. The van der Waals surface area contributed by atoms with E-state index in [1.54, 1.807) is 6.92 Å². The van der Waals surface area contributed by atoms with Crippen LogP contribution in [0, 0.1) is 32.1 Å². The van der Waals surface area contributed by atoms with E-state index in [0.29, 0.717) is 17.2 Å². The standard InChI is InChI=1S/C14H14N4/c1-9-4-10(2)6-13(5-9)18-14-12(7-15)8-16-11(3)17-14/h4-6,8H,1-3H3,(H,16,17,18). The lowest BCUT2D eigenvalue weighted by Gasteiger charge is -2.09. The van der Waals surface area contributed by atoms with Gasteiger partial charge < -0.3 is 5.32 Å². The van der Waals surface area contributed by atoms with E-state index in [-0.39, 0.29) is 0 Å². The van der Waals surface area contributed by atoms with Gasteiger partial charge >= 0.3 is 0 Å². The van der Waals surface area contributed by atoms with Crippen LogP contribution in [-0.2, 0) is 0 Å². The number of nitrogens with one attached hydrogen (secondary N) is 1. The van der Waals surface area contributed by atoms with Crippen LogP contribution in [0.4, 0.5) is 11.5 Å². The van der Waals surface area contributed by atoms with Gasteiger partial charge in [0, 0.05) is 5.69 Å². The molecular weight excluding hydrogens is 224 g/mol. The fourth-order valence-corrected chi connectivity index (χ4v) is 1.83. The Morgan fingerprint density at radius 1 is 1.11 bits per heavy atom. The molecule has 1 aromatic heterocycles. The van der Waals surface area contributed by atoms with Crippen LogP contribution in [0.15, 0.2) is 24.4 Å². The summed E-state index contributed by atoms with van der Waals surface area (Å²) in [5.41, 5.74) is 3.71. The topological polar surface area (TPSA) is 61.6 Å². The first-order valence-corrected chi connectivity index (χ1v) is 5.67. The molecule has 0 aliphatic heterocycles. The molecule has 0 aliphatic rings. The second-order valence-corrected chi connectivity index (χ2v) is 4.29. The lowest BCUT2D eigenvalue weighted by Crippen LogP contribution is -2.00. The summed E-state index contributed by atoms with van der Waals surface area (Å²) in [5, 5.41) is 12.2. The first-order chi connectivity index (χ1) is 8.58. The summed E-state index contributed by atoms with van der Waals surface area (Å²) in [6.45, 7) is 5.87. The first kappa shape index (κ1) is 12.1. The lowest BCUT2D eigenvalue weighted by atomic mass is 10.1. The summed E-state index contributed by atoms with van der Waals surface area (Å²) >= 11 is 0. The lowest BCUT2D eigenvalue weighted by molar-refractivity contribution is 1.05. The Labute approximate surface area is 106 Å². The number of anilines is 2. The van der Waals surface area contributed by atoms with Crippen molar-refractivity contribution in [3.63, 3.8) is 0 Å². The minimum absolute atomic E-state index is 0.444. The molecule has 2 rings (SSSR count). The van der Waals surface area contributed by atoms with Gasteiger partial charge in [-0.15, -0.1) is 0 Å². The molecule has 0 fully saturated rings. The van der Waals surface area contributed by atoms with E-state index in [0.717, 1.165) is 5.69 Å². The smallest absolute Gasteiger partial charge is 0.152 e. The average Bonchev–Trinajstić information content (AvgIpc) is 2.27. The Bertz CT molecular complexity index is 606. The molecular formula is C14H14N4. The molecule has 1 N–H and O–H groups in total. The van der Waals surface area contributed by atoms with Crippen LogP contribution in [0.25, 0.3) is 0 Å². The molecule has 90 valence electrons. The van der Waals surface area contributed by atoms with Crippen LogP contribution in [0.1, 0.15) is 22.5 Å². The second-order valence-electron chi connectivity index (χ2n) is 4.29. The summed E-state index contributed by atoms with van der Waals surface area (Å²) in [6.07, 6.45) is 1.54. The van der Waals surface area contributed by atoms with Gasteiger partial charge in [-0.1, -0.05) is 6.07 Å². The van der Waals surface area contributed by atoms with Crippen LogP contribution < -0.4 is 5.32 Å². The number of rotatable bonds is 2. The van der Waals surface area contributed by atoms with Crippen molar-refractivity contribution < 1.29 is 0 Å². The third-order valence-corrected chi connectivity index (χ3v) is 2.51. The SMILES string of the molecule is Cc1cc(C)cc(Nc2nc(C)ncc2C#N)c1. The molecule has 0 saturated heterocycles. The summed E-state index contributed by atoms with van der Waals surface area (Å²) < 4.78 is 0. The Morgan fingerprint density at radius 2 is 1.78 bits per heavy atom. The van der Waals surface area contributed by atoms with Crippen LogP contribution >= 0.6 is 0 Å². The Morgan fingerprint density at radius 3 is 2.39 bits per heavy atom. The Kier molecular flexibility index (Phi) is 3.24. The molecule has 0 atom stereocenters. The highest BCUT2D eigenvalue weighted by molar-refractivity contribution is 5.63. The molecule has 1 aromatic carbocycles. The maximum atomic E-state index is 9.03. The fraction of sp³-hybridized carbons (Fsp3) is 0.214. The van der Waals surface area contributed by atoms with Crippen molar-refractivity contribution in [2.75, 3.05) is 5.32 Å². The summed E-state index contributed by atoms with van der Waals surface area (Å²) in [7, 11) is 0. The van der Waals surface area contributed by atoms with Crippen LogP contribution in [0.2, 0.25) is 0 Å². The zero-order chi connectivity index (χ0) is 13.1. The number of nitriles is 1. The molecule has 18 heavy (non-hydrogen) atoms. The van der Waals surface area contributed by atoms with Gasteiger partial charge in [-0.2, -0.15) is 5.26 Å². The molecule has 1 heterocycles. The number of hydrogen-bond acceptors (Lipinski definition) is 4. The molecule has 0 radical (unpaired) electrons. The monoisotopic (exact) mass is 238 g/mol. The van der Waals surface area contributed by atoms with Gasteiger partial charge in [0.15, 0.2) is 5.82 Å². The molecule has 0 saturated carbocycles. The van der Waals surface area contributed by atoms with Gasteiger partial charge in [-0.05, 0) is 44.0 Å². The van der Waals surface area contributed by atoms with Gasteiger partial charge in [-0.25, -0.2) is 9.97 Å². The first-order valence-electron chi connectivity index (χ1n) is 5.67. The highest BCUT2D eigenvalue weighted by atomic mass is 15.0. The normalized spacial score (nSPS) is 9.89. The average molecular weight is 238 g/mol. The largest absolute Gasteiger partial charge is 0.339 e. The predicted molar refractivity (Wildman–Crippen MR) is 70.7 cm³/mol. The van der Waals surface area contributed by atoms with Crippen LogP contribution in [0.3, 0.4) is 0 Å². The van der Waals surface area contributed by atoms with Crippen molar-refractivity contribution in [1.82, 2.24) is 9.97 Å². The van der Waals surface area contributed by atoms with E-state index in [1.807, 2.05) is 26.0 Å². The van der Waals surface area contributed by atoms with Gasteiger partial charge in [-0.3, -0.25) is 0 Å². The summed E-state index contributed by atoms with van der Waals surface area (Å²) in [6, 6.07) is 8.22. The van der Waals surface area contributed by atoms with E-state index in [9.17, 15) is 0 Å². The number of aryl methyl sites for hydroxylation is 3. The third-order valence-electron chi connectivity index (χ3n) is 2.51. The van der Waals surface area contributed by atoms with E-state index < -0.39 is 0 Å². The van der Waals surface area contributed by atoms with E-state index in [1.165, 1.54) is 17.3 Å². The van der Waals surface area contributed by atoms with E-state index >= 15 is 0 Å². The quantitative estimate of drug-likeness (QED) is 0.873. The van der Waals surface area contributed by atoms with Gasteiger partial charge in [0.05, 0.1) is 6.20 Å². The van der Waals surface area contributed by atoms with Crippen molar-refractivity contribution in [2.24, 2.45) is 0 Å². The number of aromatic nitrogens is 2. The number of hydrogen-bond donors (Lipinski definition) is 1. The molecule has 0 spiro atoms. The number of benzene rings is 1. The van der Waals surface area contributed by atoms with Gasteiger partial charge in [0.2, 0.25) is 0 Å². The maximum absolute atomic E-state index is 9.03.